The lowest BCUT2D eigenvalue weighted by atomic mass is 10.0. The van der Waals surface area contributed by atoms with Crippen LogP contribution in [0.3, 0.4) is 0 Å². The summed E-state index contributed by atoms with van der Waals surface area (Å²) in [6.07, 6.45) is 1.62. The molecular formula is C17H16O2S. The fourth-order valence-corrected chi connectivity index (χ4v) is 2.77. The van der Waals surface area contributed by atoms with Crippen molar-refractivity contribution < 1.29 is 9.59 Å². The third-order valence-corrected chi connectivity index (χ3v) is 4.06. The fourth-order valence-electron chi connectivity index (χ4n) is 1.90. The molecular weight excluding hydrogens is 268 g/mol. The number of hydrogen-bond acceptors (Lipinski definition) is 3. The van der Waals surface area contributed by atoms with Gasteiger partial charge < -0.3 is 4.79 Å². The summed E-state index contributed by atoms with van der Waals surface area (Å²) >= 11 is 1.21. The maximum absolute atomic E-state index is 12.0. The Labute approximate surface area is 123 Å². The van der Waals surface area contributed by atoms with E-state index in [1.807, 2.05) is 48.5 Å². The van der Waals surface area contributed by atoms with Crippen LogP contribution in [0.1, 0.15) is 15.9 Å². The van der Waals surface area contributed by atoms with Gasteiger partial charge in [0.2, 0.25) is 5.12 Å². The second kappa shape index (κ2) is 7.65. The largest absolute Gasteiger partial charge is 0.303 e. The van der Waals surface area contributed by atoms with Crippen LogP contribution in [-0.4, -0.2) is 17.2 Å². The van der Waals surface area contributed by atoms with Gasteiger partial charge in [0.1, 0.15) is 6.29 Å². The third-order valence-electron chi connectivity index (χ3n) is 2.97. The van der Waals surface area contributed by atoms with Gasteiger partial charge in [0.25, 0.3) is 0 Å². The van der Waals surface area contributed by atoms with Crippen molar-refractivity contribution in [1.82, 2.24) is 0 Å². The average molecular weight is 284 g/mol. The molecule has 2 aromatic rings. The van der Waals surface area contributed by atoms with E-state index in [0.717, 1.165) is 11.8 Å². The van der Waals surface area contributed by atoms with Crippen molar-refractivity contribution in [3.05, 3.63) is 71.8 Å². The van der Waals surface area contributed by atoms with Crippen molar-refractivity contribution in [3.8, 4) is 0 Å². The van der Waals surface area contributed by atoms with Gasteiger partial charge >= 0.3 is 0 Å². The van der Waals surface area contributed by atoms with Gasteiger partial charge in [0.15, 0.2) is 0 Å². The molecule has 102 valence electrons. The zero-order chi connectivity index (χ0) is 14.2. The lowest BCUT2D eigenvalue weighted by Crippen LogP contribution is -2.11. The summed E-state index contributed by atoms with van der Waals surface area (Å²) < 4.78 is 0. The Morgan fingerprint density at radius 2 is 1.60 bits per heavy atom. The first kappa shape index (κ1) is 14.5. The number of carbonyl (C=O) groups is 2. The van der Waals surface area contributed by atoms with Crippen molar-refractivity contribution in [2.45, 2.75) is 6.42 Å². The minimum absolute atomic E-state index is 0.0190. The predicted octanol–water partition coefficient (Wildman–Crippen LogP) is 3.62. The van der Waals surface area contributed by atoms with Crippen LogP contribution in [0.2, 0.25) is 0 Å². The standard InChI is InChI=1S/C17H16O2S/c18-12-15(11-14-7-3-1-4-8-14)13-20-17(19)16-9-5-2-6-10-16/h1-10,12,15H,11,13H2. The number of aldehydes is 1. The SMILES string of the molecule is O=CC(CSC(=O)c1ccccc1)Cc1ccccc1. The highest BCUT2D eigenvalue weighted by molar-refractivity contribution is 8.14. The highest BCUT2D eigenvalue weighted by atomic mass is 32.2. The van der Waals surface area contributed by atoms with Gasteiger partial charge in [0.05, 0.1) is 0 Å². The Morgan fingerprint density at radius 3 is 2.20 bits per heavy atom. The smallest absolute Gasteiger partial charge is 0.219 e. The zero-order valence-electron chi connectivity index (χ0n) is 11.1. The van der Waals surface area contributed by atoms with Crippen molar-refractivity contribution in [1.29, 1.82) is 0 Å². The van der Waals surface area contributed by atoms with Crippen LogP contribution in [0.25, 0.3) is 0 Å². The summed E-state index contributed by atoms with van der Waals surface area (Å²) in [7, 11) is 0. The van der Waals surface area contributed by atoms with Gasteiger partial charge in [-0.2, -0.15) is 0 Å². The lowest BCUT2D eigenvalue weighted by molar-refractivity contribution is -0.110. The highest BCUT2D eigenvalue weighted by Gasteiger charge is 2.13. The van der Waals surface area contributed by atoms with E-state index < -0.39 is 0 Å². The third kappa shape index (κ3) is 4.35. The molecule has 2 nitrogen and oxygen atoms in total. The Balaban J connectivity index is 1.88. The number of thioether (sulfide) groups is 1. The highest BCUT2D eigenvalue weighted by Crippen LogP contribution is 2.17. The van der Waals surface area contributed by atoms with Gasteiger partial charge in [-0.15, -0.1) is 0 Å². The molecule has 0 N–H and O–H groups in total. The van der Waals surface area contributed by atoms with Gasteiger partial charge in [-0.05, 0) is 12.0 Å². The number of benzene rings is 2. The molecule has 1 atom stereocenters. The van der Waals surface area contributed by atoms with Crippen LogP contribution in [0.15, 0.2) is 60.7 Å². The van der Waals surface area contributed by atoms with E-state index in [9.17, 15) is 9.59 Å². The van der Waals surface area contributed by atoms with Gasteiger partial charge in [-0.1, -0.05) is 72.4 Å². The summed E-state index contributed by atoms with van der Waals surface area (Å²) in [5, 5.41) is 0.0190. The van der Waals surface area contributed by atoms with Crippen LogP contribution >= 0.6 is 11.8 Å². The summed E-state index contributed by atoms with van der Waals surface area (Å²) in [6.45, 7) is 0. The first-order valence-corrected chi connectivity index (χ1v) is 7.49. The Bertz CT molecular complexity index is 552. The quantitative estimate of drug-likeness (QED) is 0.760. The first-order valence-electron chi connectivity index (χ1n) is 6.51. The minimum atomic E-state index is -0.130. The van der Waals surface area contributed by atoms with E-state index in [-0.39, 0.29) is 11.0 Å². The molecule has 1 unspecified atom stereocenters. The second-order valence-corrected chi connectivity index (χ2v) is 5.54. The van der Waals surface area contributed by atoms with Crippen molar-refractivity contribution >= 4 is 23.2 Å². The minimum Gasteiger partial charge on any atom is -0.303 e. The number of carbonyl (C=O) groups excluding carboxylic acids is 2. The Hall–Kier alpha value is -1.87. The maximum atomic E-state index is 12.0. The normalized spacial score (nSPS) is 11.8. The van der Waals surface area contributed by atoms with E-state index >= 15 is 0 Å². The molecule has 2 rings (SSSR count). The Kier molecular flexibility index (Phi) is 5.56. The number of hydrogen-bond donors (Lipinski definition) is 0. The van der Waals surface area contributed by atoms with E-state index in [1.54, 1.807) is 12.1 Å². The molecule has 0 radical (unpaired) electrons. The molecule has 0 saturated carbocycles. The molecule has 0 amide bonds. The Morgan fingerprint density at radius 1 is 1.00 bits per heavy atom. The van der Waals surface area contributed by atoms with Crippen molar-refractivity contribution in [2.75, 3.05) is 5.75 Å². The summed E-state index contributed by atoms with van der Waals surface area (Å²) in [4.78, 5) is 23.1. The van der Waals surface area contributed by atoms with E-state index in [0.29, 0.717) is 17.7 Å². The molecule has 0 spiro atoms. The fraction of sp³-hybridized carbons (Fsp3) is 0.176. The van der Waals surface area contributed by atoms with Crippen LogP contribution in [0.5, 0.6) is 0 Å². The van der Waals surface area contributed by atoms with E-state index in [2.05, 4.69) is 0 Å². The van der Waals surface area contributed by atoms with Crippen LogP contribution in [0.4, 0.5) is 0 Å². The molecule has 0 heterocycles. The lowest BCUT2D eigenvalue weighted by Gasteiger charge is -2.09. The van der Waals surface area contributed by atoms with Gasteiger partial charge in [-0.3, -0.25) is 4.79 Å². The van der Waals surface area contributed by atoms with Gasteiger partial charge in [0, 0.05) is 17.2 Å². The molecule has 0 saturated heterocycles. The van der Waals surface area contributed by atoms with Crippen molar-refractivity contribution in [3.63, 3.8) is 0 Å². The van der Waals surface area contributed by atoms with Crippen LogP contribution in [-0.2, 0) is 11.2 Å². The number of rotatable bonds is 6. The summed E-state index contributed by atoms with van der Waals surface area (Å²) in [5.41, 5.74) is 1.80. The molecule has 0 bridgehead atoms. The molecule has 3 heteroatoms. The molecule has 0 fully saturated rings. The maximum Gasteiger partial charge on any atom is 0.219 e. The first-order chi connectivity index (χ1) is 9.79. The van der Waals surface area contributed by atoms with Gasteiger partial charge in [-0.25, -0.2) is 0 Å². The molecule has 0 aromatic heterocycles. The monoisotopic (exact) mass is 284 g/mol. The average Bonchev–Trinajstić information content (AvgIpc) is 2.53. The summed E-state index contributed by atoms with van der Waals surface area (Å²) in [6, 6.07) is 19.0. The predicted molar refractivity (Wildman–Crippen MR) is 82.9 cm³/mol. The van der Waals surface area contributed by atoms with Crippen LogP contribution in [0, 0.1) is 5.92 Å². The van der Waals surface area contributed by atoms with E-state index in [4.69, 9.17) is 0 Å². The summed E-state index contributed by atoms with van der Waals surface area (Å²) in [5.74, 6) is 0.390. The molecule has 0 aliphatic heterocycles. The second-order valence-electron chi connectivity index (χ2n) is 4.55. The molecule has 0 aliphatic rings. The molecule has 2 aromatic carbocycles. The van der Waals surface area contributed by atoms with Crippen LogP contribution < -0.4 is 0 Å². The van der Waals surface area contributed by atoms with E-state index in [1.165, 1.54) is 11.8 Å². The topological polar surface area (TPSA) is 34.1 Å². The zero-order valence-corrected chi connectivity index (χ0v) is 11.9. The van der Waals surface area contributed by atoms with Crippen molar-refractivity contribution in [2.24, 2.45) is 5.92 Å². The molecule has 20 heavy (non-hydrogen) atoms. The molecule has 0 aliphatic carbocycles.